The van der Waals surface area contributed by atoms with Crippen LogP contribution in [-0.2, 0) is 0 Å². The number of methoxy groups -OCH3 is 1. The van der Waals surface area contributed by atoms with Crippen molar-refractivity contribution in [3.63, 3.8) is 0 Å². The highest BCUT2D eigenvalue weighted by atomic mass is 16.5. The summed E-state index contributed by atoms with van der Waals surface area (Å²) >= 11 is 0. The molecule has 2 aromatic rings. The molecule has 0 radical (unpaired) electrons. The molecule has 0 atom stereocenters. The number of guanidine groups is 2. The summed E-state index contributed by atoms with van der Waals surface area (Å²) in [6.45, 7) is 0. The number of nitrogens with one attached hydrogen (secondary N) is 1. The molecule has 7 nitrogen and oxygen atoms in total. The van der Waals surface area contributed by atoms with E-state index in [1.165, 1.54) is 6.42 Å². The van der Waals surface area contributed by atoms with E-state index in [4.69, 9.17) is 21.2 Å². The first-order valence-corrected chi connectivity index (χ1v) is 8.28. The third-order valence-corrected chi connectivity index (χ3v) is 4.94. The Kier molecular flexibility index (Phi) is 3.37. The van der Waals surface area contributed by atoms with Crippen molar-refractivity contribution < 1.29 is 4.74 Å². The van der Waals surface area contributed by atoms with Crippen molar-refractivity contribution >= 4 is 28.5 Å². The number of aliphatic imine (C=N–C) groups is 2. The third kappa shape index (κ3) is 2.19. The number of aromatic nitrogens is 1. The van der Waals surface area contributed by atoms with Gasteiger partial charge in [-0.3, -0.25) is 4.90 Å². The predicted octanol–water partition coefficient (Wildman–Crippen LogP) is 2.29. The smallest absolute Gasteiger partial charge is 0.220 e. The number of hydrogen-bond acceptors (Lipinski definition) is 6. The first kappa shape index (κ1) is 14.9. The molecule has 2 aliphatic rings. The zero-order valence-corrected chi connectivity index (χ0v) is 13.7. The van der Waals surface area contributed by atoms with E-state index in [0.717, 1.165) is 48.0 Å². The zero-order chi connectivity index (χ0) is 16.7. The van der Waals surface area contributed by atoms with E-state index in [1.807, 2.05) is 29.3 Å². The average Bonchev–Trinajstić information content (AvgIpc) is 3.03. The topological polar surface area (TPSA) is 105 Å². The summed E-state index contributed by atoms with van der Waals surface area (Å²) in [5.41, 5.74) is 13.7. The summed E-state index contributed by atoms with van der Waals surface area (Å²) in [6.07, 6.45) is 7.12. The minimum atomic E-state index is -0.460. The molecule has 0 unspecified atom stereocenters. The van der Waals surface area contributed by atoms with Crippen molar-refractivity contribution in [2.75, 3.05) is 12.0 Å². The number of fused-ring (bicyclic) bond motifs is 1. The lowest BCUT2D eigenvalue weighted by molar-refractivity contribution is 0.305. The Balaban J connectivity index is 1.93. The quantitative estimate of drug-likeness (QED) is 0.787. The van der Waals surface area contributed by atoms with Crippen molar-refractivity contribution in [2.45, 2.75) is 37.8 Å². The second-order valence-corrected chi connectivity index (χ2v) is 6.41. The Morgan fingerprint density at radius 1 is 1.21 bits per heavy atom. The summed E-state index contributed by atoms with van der Waals surface area (Å²) in [5, 5.41) is 1.06. The van der Waals surface area contributed by atoms with E-state index in [1.54, 1.807) is 7.11 Å². The first-order valence-electron chi connectivity index (χ1n) is 8.28. The molecule has 1 saturated carbocycles. The molecule has 126 valence electrons. The molecule has 7 heteroatoms. The molecule has 24 heavy (non-hydrogen) atoms. The summed E-state index contributed by atoms with van der Waals surface area (Å²) in [4.78, 5) is 14.3. The number of nitrogens with zero attached hydrogens (tertiary/aromatic N) is 3. The van der Waals surface area contributed by atoms with Gasteiger partial charge in [0, 0.05) is 17.6 Å². The lowest BCUT2D eigenvalue weighted by Crippen LogP contribution is -2.58. The fourth-order valence-corrected chi connectivity index (χ4v) is 3.89. The molecule has 1 fully saturated rings. The number of benzene rings is 1. The Morgan fingerprint density at radius 3 is 2.75 bits per heavy atom. The number of ether oxygens (including phenoxy) is 1. The molecular formula is C17H22N6O. The molecule has 2 heterocycles. The number of hydrogen-bond donors (Lipinski definition) is 3. The number of aromatic amines is 1. The van der Waals surface area contributed by atoms with Crippen LogP contribution in [0.3, 0.4) is 0 Å². The van der Waals surface area contributed by atoms with Crippen LogP contribution in [0.2, 0.25) is 0 Å². The van der Waals surface area contributed by atoms with Crippen LogP contribution in [0, 0.1) is 0 Å². The first-order chi connectivity index (χ1) is 11.6. The van der Waals surface area contributed by atoms with Crippen molar-refractivity contribution in [3.05, 3.63) is 24.4 Å². The summed E-state index contributed by atoms with van der Waals surface area (Å²) in [6, 6.07) is 6.00. The Hall–Kier alpha value is -2.70. The minimum Gasteiger partial charge on any atom is -0.497 e. The molecule has 1 aromatic carbocycles. The van der Waals surface area contributed by atoms with Gasteiger partial charge in [0.25, 0.3) is 0 Å². The van der Waals surface area contributed by atoms with Crippen LogP contribution < -0.4 is 21.1 Å². The van der Waals surface area contributed by atoms with Gasteiger partial charge >= 0.3 is 0 Å². The van der Waals surface area contributed by atoms with E-state index >= 15 is 0 Å². The van der Waals surface area contributed by atoms with E-state index in [2.05, 4.69) is 9.98 Å². The SMILES string of the molecule is COc1cc(N2C(N)=NC(N)=NC23CCCCC3)c2[nH]ccc2c1. The largest absolute Gasteiger partial charge is 0.497 e. The highest BCUT2D eigenvalue weighted by molar-refractivity contribution is 6.09. The molecular weight excluding hydrogens is 304 g/mol. The normalized spacial score (nSPS) is 20.1. The molecule has 0 saturated heterocycles. The lowest BCUT2D eigenvalue weighted by Gasteiger charge is -2.45. The Morgan fingerprint density at radius 2 is 2.00 bits per heavy atom. The van der Waals surface area contributed by atoms with Crippen LogP contribution in [0.1, 0.15) is 32.1 Å². The molecule has 1 spiro atoms. The molecule has 5 N–H and O–H groups in total. The van der Waals surface area contributed by atoms with Crippen LogP contribution in [0.4, 0.5) is 5.69 Å². The van der Waals surface area contributed by atoms with Crippen molar-refractivity contribution in [1.29, 1.82) is 0 Å². The fraction of sp³-hybridized carbons (Fsp3) is 0.412. The molecule has 1 aromatic heterocycles. The van der Waals surface area contributed by atoms with E-state index in [0.29, 0.717) is 5.96 Å². The number of H-pyrrole nitrogens is 1. The molecule has 0 amide bonds. The van der Waals surface area contributed by atoms with Gasteiger partial charge < -0.3 is 21.2 Å². The summed E-state index contributed by atoms with van der Waals surface area (Å²) in [5.74, 6) is 1.42. The van der Waals surface area contributed by atoms with Crippen molar-refractivity contribution in [1.82, 2.24) is 4.98 Å². The Bertz CT molecular complexity index is 831. The van der Waals surface area contributed by atoms with E-state index in [9.17, 15) is 0 Å². The van der Waals surface area contributed by atoms with Gasteiger partial charge in [-0.25, -0.2) is 4.99 Å². The third-order valence-electron chi connectivity index (χ3n) is 4.94. The molecule has 0 bridgehead atoms. The standard InChI is InChI=1S/C17H22N6O/c1-24-12-9-11-5-8-20-14(11)13(10-12)23-16(19)21-15(18)22-17(23)6-3-2-4-7-17/h5,8-10,20H,2-4,6-7H2,1H3,(H4,18,19,21,22). The molecule has 1 aliphatic heterocycles. The maximum absolute atomic E-state index is 6.32. The van der Waals surface area contributed by atoms with Crippen molar-refractivity contribution in [2.24, 2.45) is 21.5 Å². The average molecular weight is 326 g/mol. The van der Waals surface area contributed by atoms with Gasteiger partial charge in [0.1, 0.15) is 11.4 Å². The van der Waals surface area contributed by atoms with Crippen LogP contribution in [0.15, 0.2) is 34.4 Å². The molecule has 4 rings (SSSR count). The lowest BCUT2D eigenvalue weighted by atomic mass is 9.87. The maximum atomic E-state index is 6.32. The van der Waals surface area contributed by atoms with Crippen molar-refractivity contribution in [3.8, 4) is 5.75 Å². The fourth-order valence-electron chi connectivity index (χ4n) is 3.89. The predicted molar refractivity (Wildman–Crippen MR) is 96.4 cm³/mol. The van der Waals surface area contributed by atoms with Gasteiger partial charge in [-0.15, -0.1) is 0 Å². The van der Waals surface area contributed by atoms with E-state index < -0.39 is 5.66 Å². The zero-order valence-electron chi connectivity index (χ0n) is 13.7. The number of rotatable bonds is 2. The van der Waals surface area contributed by atoms with E-state index in [-0.39, 0.29) is 5.96 Å². The van der Waals surface area contributed by atoms with Crippen LogP contribution >= 0.6 is 0 Å². The van der Waals surface area contributed by atoms with Crippen LogP contribution in [0.25, 0.3) is 10.9 Å². The van der Waals surface area contributed by atoms with Gasteiger partial charge in [0.15, 0.2) is 0 Å². The minimum absolute atomic E-state index is 0.260. The van der Waals surface area contributed by atoms with Gasteiger partial charge in [-0.1, -0.05) is 6.42 Å². The van der Waals surface area contributed by atoms with Crippen LogP contribution in [-0.4, -0.2) is 29.7 Å². The second-order valence-electron chi connectivity index (χ2n) is 6.41. The van der Waals surface area contributed by atoms with Crippen LogP contribution in [0.5, 0.6) is 5.75 Å². The van der Waals surface area contributed by atoms with Gasteiger partial charge in [0.05, 0.1) is 18.3 Å². The highest BCUT2D eigenvalue weighted by Crippen LogP contribution is 2.42. The molecule has 1 aliphatic carbocycles. The highest BCUT2D eigenvalue weighted by Gasteiger charge is 2.43. The summed E-state index contributed by atoms with van der Waals surface area (Å²) in [7, 11) is 1.66. The maximum Gasteiger partial charge on any atom is 0.220 e. The number of anilines is 1. The monoisotopic (exact) mass is 326 g/mol. The van der Waals surface area contributed by atoms with Gasteiger partial charge in [-0.2, -0.15) is 4.99 Å². The summed E-state index contributed by atoms with van der Waals surface area (Å²) < 4.78 is 5.47. The Labute approximate surface area is 140 Å². The number of nitrogens with two attached hydrogens (primary N) is 2. The second kappa shape index (κ2) is 5.43. The van der Waals surface area contributed by atoms with Gasteiger partial charge in [-0.05, 0) is 37.8 Å². The van der Waals surface area contributed by atoms with Gasteiger partial charge in [0.2, 0.25) is 11.9 Å².